The van der Waals surface area contributed by atoms with Crippen molar-refractivity contribution in [2.75, 3.05) is 14.1 Å². The molecule has 0 saturated heterocycles. The van der Waals surface area contributed by atoms with Gasteiger partial charge < -0.3 is 5.32 Å². The van der Waals surface area contributed by atoms with Gasteiger partial charge in [-0.1, -0.05) is 0 Å². The van der Waals surface area contributed by atoms with Crippen LogP contribution in [0.5, 0.6) is 0 Å². The number of carbonyl (C=O) groups is 2. The highest BCUT2D eigenvalue weighted by Crippen LogP contribution is 2.15. The third-order valence-corrected chi connectivity index (χ3v) is 2.07. The molecular weight excluding hydrogens is 156 g/mol. The normalized spacial score (nSPS) is 24.1. The third-order valence-electron chi connectivity index (χ3n) is 2.07. The zero-order valence-corrected chi connectivity index (χ0v) is 7.42. The SMILES string of the molecule is CNC1=CC(=O)N(C)C(=O)C1C. The van der Waals surface area contributed by atoms with E-state index in [2.05, 4.69) is 5.32 Å². The number of carbonyl (C=O) groups excluding carboxylic acids is 2. The van der Waals surface area contributed by atoms with Crippen LogP contribution in [0.3, 0.4) is 0 Å². The molecule has 0 aromatic heterocycles. The van der Waals surface area contributed by atoms with Crippen molar-refractivity contribution in [1.82, 2.24) is 10.2 Å². The van der Waals surface area contributed by atoms with Crippen molar-refractivity contribution < 1.29 is 9.59 Å². The number of likely N-dealkylation sites (N-methyl/N-ethyl adjacent to an activating group) is 1. The first-order valence-electron chi connectivity index (χ1n) is 3.78. The Morgan fingerprint density at radius 1 is 1.50 bits per heavy atom. The summed E-state index contributed by atoms with van der Waals surface area (Å²) in [6.45, 7) is 1.77. The number of nitrogens with zero attached hydrogens (tertiary/aromatic N) is 1. The minimum atomic E-state index is -0.262. The van der Waals surface area contributed by atoms with E-state index >= 15 is 0 Å². The molecule has 1 atom stereocenters. The Morgan fingerprint density at radius 2 is 2.08 bits per heavy atom. The molecule has 1 heterocycles. The van der Waals surface area contributed by atoms with Gasteiger partial charge in [0, 0.05) is 25.9 Å². The van der Waals surface area contributed by atoms with Crippen LogP contribution in [0.2, 0.25) is 0 Å². The fourth-order valence-corrected chi connectivity index (χ4v) is 1.18. The Morgan fingerprint density at radius 3 is 2.58 bits per heavy atom. The lowest BCUT2D eigenvalue weighted by Gasteiger charge is -2.25. The van der Waals surface area contributed by atoms with Crippen molar-refractivity contribution in [3.05, 3.63) is 11.8 Å². The summed E-state index contributed by atoms with van der Waals surface area (Å²) in [4.78, 5) is 23.6. The summed E-state index contributed by atoms with van der Waals surface area (Å²) in [6, 6.07) is 0. The van der Waals surface area contributed by atoms with Gasteiger partial charge in [-0.3, -0.25) is 14.5 Å². The molecule has 1 aliphatic heterocycles. The fourth-order valence-electron chi connectivity index (χ4n) is 1.18. The average Bonchev–Trinajstić information content (AvgIpc) is 2.08. The van der Waals surface area contributed by atoms with E-state index in [1.165, 1.54) is 13.1 Å². The Kier molecular flexibility index (Phi) is 2.17. The van der Waals surface area contributed by atoms with Crippen molar-refractivity contribution in [1.29, 1.82) is 0 Å². The molecule has 66 valence electrons. The summed E-state index contributed by atoms with van der Waals surface area (Å²) in [7, 11) is 3.19. The summed E-state index contributed by atoms with van der Waals surface area (Å²) < 4.78 is 0. The van der Waals surface area contributed by atoms with Gasteiger partial charge in [0.05, 0.1) is 5.92 Å². The van der Waals surface area contributed by atoms with Crippen LogP contribution in [-0.2, 0) is 9.59 Å². The molecule has 0 bridgehead atoms. The Hall–Kier alpha value is -1.32. The topological polar surface area (TPSA) is 49.4 Å². The van der Waals surface area contributed by atoms with Gasteiger partial charge in [-0.25, -0.2) is 0 Å². The van der Waals surface area contributed by atoms with Gasteiger partial charge in [-0.2, -0.15) is 0 Å². The second kappa shape index (κ2) is 2.97. The van der Waals surface area contributed by atoms with Crippen LogP contribution >= 0.6 is 0 Å². The molecule has 4 heteroatoms. The summed E-state index contributed by atoms with van der Waals surface area (Å²) in [5.41, 5.74) is 0.683. The Bertz CT molecular complexity index is 258. The minimum Gasteiger partial charge on any atom is -0.391 e. The molecule has 0 saturated carbocycles. The van der Waals surface area contributed by atoms with Crippen molar-refractivity contribution in [3.8, 4) is 0 Å². The number of imide groups is 1. The molecule has 1 unspecified atom stereocenters. The summed E-state index contributed by atoms with van der Waals surface area (Å²) in [5, 5.41) is 2.83. The van der Waals surface area contributed by atoms with Crippen molar-refractivity contribution in [2.24, 2.45) is 5.92 Å². The molecule has 1 N–H and O–H groups in total. The monoisotopic (exact) mass is 168 g/mol. The van der Waals surface area contributed by atoms with Crippen molar-refractivity contribution >= 4 is 11.8 Å². The molecule has 1 aliphatic rings. The number of nitrogens with one attached hydrogen (secondary N) is 1. The molecule has 2 amide bonds. The van der Waals surface area contributed by atoms with Crippen LogP contribution in [0.15, 0.2) is 11.8 Å². The van der Waals surface area contributed by atoms with Gasteiger partial charge in [0.15, 0.2) is 0 Å². The van der Waals surface area contributed by atoms with E-state index in [4.69, 9.17) is 0 Å². The molecule has 0 aromatic rings. The van der Waals surface area contributed by atoms with E-state index in [1.54, 1.807) is 14.0 Å². The quantitative estimate of drug-likeness (QED) is 0.548. The molecule has 0 radical (unpaired) electrons. The van der Waals surface area contributed by atoms with Gasteiger partial charge in [-0.05, 0) is 6.92 Å². The van der Waals surface area contributed by atoms with E-state index < -0.39 is 0 Å². The Labute approximate surface area is 71.2 Å². The van der Waals surface area contributed by atoms with E-state index in [-0.39, 0.29) is 17.7 Å². The zero-order chi connectivity index (χ0) is 9.30. The van der Waals surface area contributed by atoms with Crippen LogP contribution in [0.25, 0.3) is 0 Å². The average molecular weight is 168 g/mol. The highest BCUT2D eigenvalue weighted by molar-refractivity contribution is 6.05. The molecule has 0 spiro atoms. The van der Waals surface area contributed by atoms with Gasteiger partial charge in [0.2, 0.25) is 5.91 Å². The largest absolute Gasteiger partial charge is 0.391 e. The van der Waals surface area contributed by atoms with Crippen LogP contribution in [-0.4, -0.2) is 30.8 Å². The van der Waals surface area contributed by atoms with E-state index in [0.717, 1.165) is 4.90 Å². The highest BCUT2D eigenvalue weighted by Gasteiger charge is 2.29. The molecule has 0 fully saturated rings. The van der Waals surface area contributed by atoms with E-state index in [1.807, 2.05) is 0 Å². The van der Waals surface area contributed by atoms with Gasteiger partial charge in [0.1, 0.15) is 0 Å². The number of hydrogen-bond acceptors (Lipinski definition) is 3. The standard InChI is InChI=1S/C8H12N2O2/c1-5-6(9-2)4-7(11)10(3)8(5)12/h4-5,9H,1-3H3. The van der Waals surface area contributed by atoms with Crippen molar-refractivity contribution in [3.63, 3.8) is 0 Å². The first kappa shape index (κ1) is 8.77. The predicted octanol–water partition coefficient (Wildman–Crippen LogP) is -0.276. The lowest BCUT2D eigenvalue weighted by atomic mass is 10.0. The van der Waals surface area contributed by atoms with Crippen molar-refractivity contribution in [2.45, 2.75) is 6.92 Å². The molecule has 0 aliphatic carbocycles. The number of amides is 2. The number of rotatable bonds is 1. The lowest BCUT2D eigenvalue weighted by Crippen LogP contribution is -2.42. The molecule has 4 nitrogen and oxygen atoms in total. The summed E-state index contributed by atoms with van der Waals surface area (Å²) in [6.07, 6.45) is 1.45. The highest BCUT2D eigenvalue weighted by atomic mass is 16.2. The maximum absolute atomic E-state index is 11.3. The zero-order valence-electron chi connectivity index (χ0n) is 7.42. The van der Waals surface area contributed by atoms with Crippen LogP contribution in [0, 0.1) is 5.92 Å². The number of hydrogen-bond donors (Lipinski definition) is 1. The van der Waals surface area contributed by atoms with E-state index in [0.29, 0.717) is 5.70 Å². The maximum Gasteiger partial charge on any atom is 0.254 e. The predicted molar refractivity (Wildman–Crippen MR) is 44.1 cm³/mol. The smallest absolute Gasteiger partial charge is 0.254 e. The van der Waals surface area contributed by atoms with Crippen LogP contribution in [0.1, 0.15) is 6.92 Å². The third kappa shape index (κ3) is 1.20. The van der Waals surface area contributed by atoms with E-state index in [9.17, 15) is 9.59 Å². The first-order valence-corrected chi connectivity index (χ1v) is 3.78. The van der Waals surface area contributed by atoms with Gasteiger partial charge in [-0.15, -0.1) is 0 Å². The molecule has 0 aromatic carbocycles. The summed E-state index contributed by atoms with van der Waals surface area (Å²) >= 11 is 0. The Balaban J connectivity index is 3.00. The second-order valence-corrected chi connectivity index (χ2v) is 2.81. The minimum absolute atomic E-state index is 0.160. The lowest BCUT2D eigenvalue weighted by molar-refractivity contribution is -0.143. The first-order chi connectivity index (χ1) is 5.57. The van der Waals surface area contributed by atoms with Gasteiger partial charge >= 0.3 is 0 Å². The molecular formula is C8H12N2O2. The maximum atomic E-state index is 11.3. The fraction of sp³-hybridized carbons (Fsp3) is 0.500. The molecule has 1 rings (SSSR count). The second-order valence-electron chi connectivity index (χ2n) is 2.81. The summed E-state index contributed by atoms with van der Waals surface area (Å²) in [5.74, 6) is -0.660. The van der Waals surface area contributed by atoms with Crippen LogP contribution in [0.4, 0.5) is 0 Å². The van der Waals surface area contributed by atoms with Gasteiger partial charge in [0.25, 0.3) is 5.91 Å². The van der Waals surface area contributed by atoms with Crippen LogP contribution < -0.4 is 5.32 Å². The molecule has 12 heavy (non-hydrogen) atoms.